The molecule has 0 fully saturated rings. The van der Waals surface area contributed by atoms with Gasteiger partial charge >= 0.3 is 5.97 Å². The van der Waals surface area contributed by atoms with Crippen molar-refractivity contribution in [2.75, 3.05) is 20.0 Å². The number of benzene rings is 1. The number of ether oxygens (including phenoxy) is 2. The van der Waals surface area contributed by atoms with Gasteiger partial charge in [0.25, 0.3) is 0 Å². The predicted molar refractivity (Wildman–Crippen MR) is 57.9 cm³/mol. The first-order valence-corrected chi connectivity index (χ1v) is 4.58. The number of hydrogen-bond donors (Lipinski definition) is 1. The lowest BCUT2D eigenvalue weighted by Gasteiger charge is -2.10. The Morgan fingerprint density at radius 2 is 2.07 bits per heavy atom. The van der Waals surface area contributed by atoms with Crippen LogP contribution < -0.4 is 10.5 Å². The average Bonchev–Trinajstić information content (AvgIpc) is 2.24. The summed E-state index contributed by atoms with van der Waals surface area (Å²) in [6.45, 7) is 1.87. The Balaban J connectivity index is 3.05. The predicted octanol–water partition coefficient (Wildman–Crippen LogP) is 1.30. The van der Waals surface area contributed by atoms with E-state index in [9.17, 15) is 4.79 Å². The molecule has 0 unspecified atom stereocenters. The van der Waals surface area contributed by atoms with E-state index in [0.29, 0.717) is 11.4 Å². The summed E-state index contributed by atoms with van der Waals surface area (Å²) in [5.41, 5.74) is 8.12. The Morgan fingerprint density at radius 1 is 1.40 bits per heavy atom. The van der Waals surface area contributed by atoms with Gasteiger partial charge in [0.1, 0.15) is 5.75 Å². The first kappa shape index (κ1) is 11.4. The van der Waals surface area contributed by atoms with Crippen LogP contribution >= 0.6 is 0 Å². The summed E-state index contributed by atoms with van der Waals surface area (Å²) in [6, 6.07) is 3.53. The maximum Gasteiger partial charge on any atom is 0.309 e. The molecule has 2 N–H and O–H groups in total. The molecule has 4 nitrogen and oxygen atoms in total. The average molecular weight is 209 g/mol. The van der Waals surface area contributed by atoms with Crippen LogP contribution in [0, 0.1) is 6.92 Å². The summed E-state index contributed by atoms with van der Waals surface area (Å²) in [6.07, 6.45) is 0.212. The van der Waals surface area contributed by atoms with Gasteiger partial charge in [-0.2, -0.15) is 0 Å². The smallest absolute Gasteiger partial charge is 0.309 e. The maximum absolute atomic E-state index is 11.1. The minimum absolute atomic E-state index is 0.212. The van der Waals surface area contributed by atoms with E-state index in [1.54, 1.807) is 19.2 Å². The van der Waals surface area contributed by atoms with Crippen LogP contribution in [0.25, 0.3) is 0 Å². The number of methoxy groups -OCH3 is 2. The van der Waals surface area contributed by atoms with Crippen LogP contribution in [0.15, 0.2) is 12.1 Å². The van der Waals surface area contributed by atoms with Crippen LogP contribution in [-0.2, 0) is 16.0 Å². The van der Waals surface area contributed by atoms with E-state index in [4.69, 9.17) is 10.5 Å². The summed E-state index contributed by atoms with van der Waals surface area (Å²) in [5, 5.41) is 0. The molecule has 0 aliphatic carbocycles. The Kier molecular flexibility index (Phi) is 3.55. The van der Waals surface area contributed by atoms with E-state index in [1.165, 1.54) is 7.11 Å². The zero-order valence-electron chi connectivity index (χ0n) is 9.16. The standard InChI is InChI=1S/C11H15NO3/c1-7-8(5-11(13)15-3)4-9(14-2)6-10(7)12/h4,6H,5,12H2,1-3H3. The molecule has 1 rings (SSSR count). The van der Waals surface area contributed by atoms with Gasteiger partial charge in [-0.1, -0.05) is 0 Å². The number of rotatable bonds is 3. The summed E-state index contributed by atoms with van der Waals surface area (Å²) >= 11 is 0. The summed E-state index contributed by atoms with van der Waals surface area (Å²) < 4.78 is 9.68. The third kappa shape index (κ3) is 2.62. The second-order valence-electron chi connectivity index (χ2n) is 3.25. The van der Waals surface area contributed by atoms with E-state index in [2.05, 4.69) is 4.74 Å². The van der Waals surface area contributed by atoms with E-state index >= 15 is 0 Å². The molecular weight excluding hydrogens is 194 g/mol. The van der Waals surface area contributed by atoms with E-state index in [1.807, 2.05) is 6.92 Å². The second kappa shape index (κ2) is 4.68. The van der Waals surface area contributed by atoms with E-state index in [-0.39, 0.29) is 12.4 Å². The van der Waals surface area contributed by atoms with Gasteiger partial charge in [0, 0.05) is 11.8 Å². The normalized spacial score (nSPS) is 9.80. The van der Waals surface area contributed by atoms with Crippen molar-refractivity contribution in [2.45, 2.75) is 13.3 Å². The van der Waals surface area contributed by atoms with Crippen LogP contribution in [0.2, 0.25) is 0 Å². The van der Waals surface area contributed by atoms with Gasteiger partial charge in [0.15, 0.2) is 0 Å². The topological polar surface area (TPSA) is 61.5 Å². The van der Waals surface area contributed by atoms with Gasteiger partial charge < -0.3 is 15.2 Å². The highest BCUT2D eigenvalue weighted by Gasteiger charge is 2.09. The summed E-state index contributed by atoms with van der Waals surface area (Å²) in [5.74, 6) is 0.364. The van der Waals surface area contributed by atoms with Gasteiger partial charge in [0.05, 0.1) is 20.6 Å². The zero-order valence-corrected chi connectivity index (χ0v) is 9.16. The van der Waals surface area contributed by atoms with Gasteiger partial charge in [0.2, 0.25) is 0 Å². The molecule has 15 heavy (non-hydrogen) atoms. The quantitative estimate of drug-likeness (QED) is 0.602. The molecular formula is C11H15NO3. The number of anilines is 1. The molecule has 0 spiro atoms. The largest absolute Gasteiger partial charge is 0.497 e. The summed E-state index contributed by atoms with van der Waals surface area (Å²) in [7, 11) is 2.92. The first-order valence-electron chi connectivity index (χ1n) is 4.58. The highest BCUT2D eigenvalue weighted by Crippen LogP contribution is 2.24. The first-order chi connectivity index (χ1) is 7.08. The van der Waals surface area contributed by atoms with Crippen LogP contribution in [0.1, 0.15) is 11.1 Å². The highest BCUT2D eigenvalue weighted by molar-refractivity contribution is 5.74. The third-order valence-electron chi connectivity index (χ3n) is 2.33. The molecule has 0 bridgehead atoms. The van der Waals surface area contributed by atoms with Gasteiger partial charge in [-0.3, -0.25) is 4.79 Å². The van der Waals surface area contributed by atoms with E-state index in [0.717, 1.165) is 11.1 Å². The van der Waals surface area contributed by atoms with Crippen molar-refractivity contribution >= 4 is 11.7 Å². The van der Waals surface area contributed by atoms with Crippen molar-refractivity contribution in [2.24, 2.45) is 0 Å². The van der Waals surface area contributed by atoms with Crippen LogP contribution in [0.4, 0.5) is 5.69 Å². The molecule has 0 aromatic heterocycles. The SMILES string of the molecule is COC(=O)Cc1cc(OC)cc(N)c1C. The highest BCUT2D eigenvalue weighted by atomic mass is 16.5. The molecule has 0 saturated carbocycles. The number of carbonyl (C=O) groups is 1. The van der Waals surface area contributed by atoms with Crippen molar-refractivity contribution in [1.82, 2.24) is 0 Å². The molecule has 4 heteroatoms. The molecule has 0 radical (unpaired) electrons. The van der Waals surface area contributed by atoms with Crippen molar-refractivity contribution in [3.8, 4) is 5.75 Å². The van der Waals surface area contributed by atoms with Crippen LogP contribution in [0.5, 0.6) is 5.75 Å². The Bertz CT molecular complexity index is 374. The van der Waals surface area contributed by atoms with Crippen molar-refractivity contribution in [1.29, 1.82) is 0 Å². The number of hydrogen-bond acceptors (Lipinski definition) is 4. The number of carbonyl (C=O) groups excluding carboxylic acids is 1. The van der Waals surface area contributed by atoms with E-state index < -0.39 is 0 Å². The lowest BCUT2D eigenvalue weighted by Crippen LogP contribution is -2.07. The number of nitrogen functional groups attached to an aromatic ring is 1. The minimum Gasteiger partial charge on any atom is -0.497 e. The molecule has 0 amide bonds. The Labute approximate surface area is 89.0 Å². The van der Waals surface area contributed by atoms with Crippen molar-refractivity contribution in [3.63, 3.8) is 0 Å². The molecule has 0 atom stereocenters. The minimum atomic E-state index is -0.286. The molecule has 82 valence electrons. The van der Waals surface area contributed by atoms with Crippen LogP contribution in [0.3, 0.4) is 0 Å². The second-order valence-corrected chi connectivity index (χ2v) is 3.25. The third-order valence-corrected chi connectivity index (χ3v) is 2.33. The van der Waals surface area contributed by atoms with Gasteiger partial charge in [-0.25, -0.2) is 0 Å². The molecule has 0 saturated heterocycles. The fourth-order valence-electron chi connectivity index (χ4n) is 1.30. The molecule has 0 aliphatic rings. The lowest BCUT2D eigenvalue weighted by molar-refractivity contribution is -0.139. The Hall–Kier alpha value is -1.71. The molecule has 1 aromatic rings. The van der Waals surface area contributed by atoms with Gasteiger partial charge in [-0.05, 0) is 24.1 Å². The zero-order chi connectivity index (χ0) is 11.4. The van der Waals surface area contributed by atoms with Crippen molar-refractivity contribution in [3.05, 3.63) is 23.3 Å². The molecule has 0 heterocycles. The Morgan fingerprint density at radius 3 is 2.60 bits per heavy atom. The fourth-order valence-corrected chi connectivity index (χ4v) is 1.30. The lowest BCUT2D eigenvalue weighted by atomic mass is 10.0. The van der Waals surface area contributed by atoms with Crippen LogP contribution in [-0.4, -0.2) is 20.2 Å². The maximum atomic E-state index is 11.1. The fraction of sp³-hybridized carbons (Fsp3) is 0.364. The monoisotopic (exact) mass is 209 g/mol. The molecule has 1 aromatic carbocycles. The molecule has 0 aliphatic heterocycles. The number of nitrogens with two attached hydrogens (primary N) is 1. The summed E-state index contributed by atoms with van der Waals surface area (Å²) in [4.78, 5) is 11.1. The number of esters is 1. The van der Waals surface area contributed by atoms with Crippen molar-refractivity contribution < 1.29 is 14.3 Å². The van der Waals surface area contributed by atoms with Gasteiger partial charge in [-0.15, -0.1) is 0 Å².